The lowest BCUT2D eigenvalue weighted by Gasteiger charge is -2.32. The van der Waals surface area contributed by atoms with Crippen LogP contribution >= 0.6 is 22.9 Å². The van der Waals surface area contributed by atoms with Gasteiger partial charge in [-0.2, -0.15) is 0 Å². The molecule has 0 fully saturated rings. The first kappa shape index (κ1) is 14.5. The average Bonchev–Trinajstić information content (AvgIpc) is 2.92. The van der Waals surface area contributed by atoms with Crippen molar-refractivity contribution in [1.82, 2.24) is 4.90 Å². The molecule has 2 unspecified atom stereocenters. The van der Waals surface area contributed by atoms with Gasteiger partial charge in [0.1, 0.15) is 0 Å². The summed E-state index contributed by atoms with van der Waals surface area (Å²) in [6, 6.07) is 12.7. The highest BCUT2D eigenvalue weighted by Gasteiger charge is 2.22. The molecule has 102 valence electrons. The molecule has 0 saturated heterocycles. The predicted molar refractivity (Wildman–Crippen MR) is 83.7 cm³/mol. The number of likely N-dealkylation sites (N-methyl/N-ethyl adjacent to an activating group) is 1. The Bertz CT molecular complexity index is 513. The Hall–Kier alpha value is -0.870. The standard InChI is InChI=1S/C15H19ClN2S/c1-11(15-7-4-8-19-15)18(2)14(10-17)12-5-3-6-13(16)9-12/h3-9,11,14H,10,17H2,1-2H3. The lowest BCUT2D eigenvalue weighted by Crippen LogP contribution is -2.32. The van der Waals surface area contributed by atoms with E-state index in [1.165, 1.54) is 10.4 Å². The van der Waals surface area contributed by atoms with Gasteiger partial charge in [-0.15, -0.1) is 11.3 Å². The van der Waals surface area contributed by atoms with Crippen LogP contribution in [0.25, 0.3) is 0 Å². The third-order valence-corrected chi connectivity index (χ3v) is 4.79. The molecule has 0 aliphatic carbocycles. The Morgan fingerprint density at radius 3 is 2.68 bits per heavy atom. The summed E-state index contributed by atoms with van der Waals surface area (Å²) < 4.78 is 0. The molecule has 0 saturated carbocycles. The van der Waals surface area contributed by atoms with E-state index in [0.29, 0.717) is 12.6 Å². The van der Waals surface area contributed by atoms with Crippen molar-refractivity contribution in [2.75, 3.05) is 13.6 Å². The zero-order valence-electron chi connectivity index (χ0n) is 11.2. The van der Waals surface area contributed by atoms with Crippen LogP contribution in [0.5, 0.6) is 0 Å². The number of hydrogen-bond acceptors (Lipinski definition) is 3. The monoisotopic (exact) mass is 294 g/mol. The van der Waals surface area contributed by atoms with Gasteiger partial charge in [-0.3, -0.25) is 4.90 Å². The number of halogens is 1. The first-order chi connectivity index (χ1) is 9.13. The summed E-state index contributed by atoms with van der Waals surface area (Å²) in [7, 11) is 2.11. The first-order valence-electron chi connectivity index (χ1n) is 6.34. The molecule has 1 heterocycles. The SMILES string of the molecule is CC(c1cccs1)N(C)C(CN)c1cccc(Cl)c1. The fourth-order valence-corrected chi connectivity index (χ4v) is 3.28. The molecule has 19 heavy (non-hydrogen) atoms. The van der Waals surface area contributed by atoms with Crippen molar-refractivity contribution in [3.63, 3.8) is 0 Å². The third-order valence-electron chi connectivity index (χ3n) is 3.51. The van der Waals surface area contributed by atoms with Crippen molar-refractivity contribution in [2.45, 2.75) is 19.0 Å². The molecule has 1 aromatic carbocycles. The van der Waals surface area contributed by atoms with Crippen LogP contribution in [0.2, 0.25) is 5.02 Å². The van der Waals surface area contributed by atoms with Crippen molar-refractivity contribution in [3.05, 3.63) is 57.2 Å². The van der Waals surface area contributed by atoms with E-state index in [1.807, 2.05) is 18.2 Å². The summed E-state index contributed by atoms with van der Waals surface area (Å²) in [4.78, 5) is 3.65. The maximum atomic E-state index is 6.07. The number of nitrogens with zero attached hydrogens (tertiary/aromatic N) is 1. The molecule has 0 amide bonds. The minimum absolute atomic E-state index is 0.177. The molecule has 2 rings (SSSR count). The topological polar surface area (TPSA) is 29.3 Å². The Labute approximate surface area is 123 Å². The largest absolute Gasteiger partial charge is 0.329 e. The molecule has 0 aliphatic rings. The minimum Gasteiger partial charge on any atom is -0.329 e. The molecular weight excluding hydrogens is 276 g/mol. The second-order valence-corrected chi connectivity index (χ2v) is 6.08. The van der Waals surface area contributed by atoms with Crippen molar-refractivity contribution < 1.29 is 0 Å². The molecule has 2 aromatic rings. The molecular formula is C15H19ClN2S. The Morgan fingerprint density at radius 1 is 1.32 bits per heavy atom. The molecule has 2 atom stereocenters. The average molecular weight is 295 g/mol. The Kier molecular flexibility index (Phi) is 4.99. The highest BCUT2D eigenvalue weighted by atomic mass is 35.5. The summed E-state index contributed by atoms with van der Waals surface area (Å²) in [6.07, 6.45) is 0. The molecule has 0 bridgehead atoms. The van der Waals surface area contributed by atoms with Gasteiger partial charge in [-0.1, -0.05) is 29.8 Å². The predicted octanol–water partition coefficient (Wildman–Crippen LogP) is 4.09. The van der Waals surface area contributed by atoms with Crippen LogP contribution < -0.4 is 5.73 Å². The van der Waals surface area contributed by atoms with Crippen LogP contribution in [0.3, 0.4) is 0 Å². The van der Waals surface area contributed by atoms with Gasteiger partial charge >= 0.3 is 0 Å². The van der Waals surface area contributed by atoms with Crippen LogP contribution in [0, 0.1) is 0 Å². The summed E-state index contributed by atoms with van der Waals surface area (Å²) in [5.74, 6) is 0. The summed E-state index contributed by atoms with van der Waals surface area (Å²) in [5, 5.41) is 2.87. The van der Waals surface area contributed by atoms with E-state index in [2.05, 4.69) is 42.5 Å². The molecule has 0 aliphatic heterocycles. The smallest absolute Gasteiger partial charge is 0.0474 e. The van der Waals surface area contributed by atoms with E-state index in [0.717, 1.165) is 5.02 Å². The maximum Gasteiger partial charge on any atom is 0.0474 e. The van der Waals surface area contributed by atoms with Gasteiger partial charge in [0.05, 0.1) is 0 Å². The van der Waals surface area contributed by atoms with Crippen LogP contribution in [0.1, 0.15) is 29.4 Å². The lowest BCUT2D eigenvalue weighted by molar-refractivity contribution is 0.193. The Morgan fingerprint density at radius 2 is 2.11 bits per heavy atom. The first-order valence-corrected chi connectivity index (χ1v) is 7.60. The van der Waals surface area contributed by atoms with E-state index in [-0.39, 0.29) is 6.04 Å². The molecule has 2 nitrogen and oxygen atoms in total. The summed E-state index contributed by atoms with van der Waals surface area (Å²) in [5.41, 5.74) is 7.13. The van der Waals surface area contributed by atoms with Crippen molar-refractivity contribution >= 4 is 22.9 Å². The zero-order valence-corrected chi connectivity index (χ0v) is 12.8. The molecule has 4 heteroatoms. The van der Waals surface area contributed by atoms with Gasteiger partial charge < -0.3 is 5.73 Å². The van der Waals surface area contributed by atoms with Gasteiger partial charge in [0.15, 0.2) is 0 Å². The molecule has 1 aromatic heterocycles. The van der Waals surface area contributed by atoms with Crippen LogP contribution in [0.4, 0.5) is 0 Å². The zero-order chi connectivity index (χ0) is 13.8. The third kappa shape index (κ3) is 3.37. The molecule has 2 N–H and O–H groups in total. The van der Waals surface area contributed by atoms with Crippen LogP contribution in [-0.4, -0.2) is 18.5 Å². The van der Waals surface area contributed by atoms with Gasteiger partial charge in [-0.05, 0) is 43.1 Å². The van der Waals surface area contributed by atoms with E-state index < -0.39 is 0 Å². The number of thiophene rings is 1. The van der Waals surface area contributed by atoms with Gasteiger partial charge in [-0.25, -0.2) is 0 Å². The lowest BCUT2D eigenvalue weighted by atomic mass is 10.0. The van der Waals surface area contributed by atoms with Crippen molar-refractivity contribution in [1.29, 1.82) is 0 Å². The van der Waals surface area contributed by atoms with Gasteiger partial charge in [0.2, 0.25) is 0 Å². The molecule has 0 spiro atoms. The summed E-state index contributed by atoms with van der Waals surface area (Å²) >= 11 is 7.85. The minimum atomic E-state index is 0.177. The highest BCUT2D eigenvalue weighted by molar-refractivity contribution is 7.10. The quantitative estimate of drug-likeness (QED) is 0.900. The van der Waals surface area contributed by atoms with Crippen molar-refractivity contribution in [2.24, 2.45) is 5.73 Å². The second kappa shape index (κ2) is 6.53. The van der Waals surface area contributed by atoms with E-state index in [9.17, 15) is 0 Å². The van der Waals surface area contributed by atoms with Crippen LogP contribution in [-0.2, 0) is 0 Å². The maximum absolute atomic E-state index is 6.07. The number of hydrogen-bond donors (Lipinski definition) is 1. The molecule has 0 radical (unpaired) electrons. The van der Waals surface area contributed by atoms with E-state index in [4.69, 9.17) is 17.3 Å². The number of nitrogens with two attached hydrogens (primary N) is 1. The fourth-order valence-electron chi connectivity index (χ4n) is 2.25. The van der Waals surface area contributed by atoms with Crippen molar-refractivity contribution in [3.8, 4) is 0 Å². The number of rotatable bonds is 5. The van der Waals surface area contributed by atoms with Gasteiger partial charge in [0.25, 0.3) is 0 Å². The van der Waals surface area contributed by atoms with Crippen LogP contribution in [0.15, 0.2) is 41.8 Å². The van der Waals surface area contributed by atoms with E-state index >= 15 is 0 Å². The summed E-state index contributed by atoms with van der Waals surface area (Å²) in [6.45, 7) is 2.78. The highest BCUT2D eigenvalue weighted by Crippen LogP contribution is 2.31. The Balaban J connectivity index is 2.22. The normalized spacial score (nSPS) is 14.6. The second-order valence-electron chi connectivity index (χ2n) is 4.66. The van der Waals surface area contributed by atoms with Gasteiger partial charge in [0, 0.05) is 28.5 Å². The van der Waals surface area contributed by atoms with E-state index in [1.54, 1.807) is 11.3 Å². The number of benzene rings is 1. The fraction of sp³-hybridized carbons (Fsp3) is 0.333.